The number of carbonyl (C=O) groups is 1. The van der Waals surface area contributed by atoms with E-state index < -0.39 is 0 Å². The number of nitrogens with one attached hydrogen (secondary N) is 1. The molecule has 142 valence electrons. The largest absolute Gasteiger partial charge is 0.469 e. The minimum atomic E-state index is -0.115. The highest BCUT2D eigenvalue weighted by molar-refractivity contribution is 8.00. The predicted octanol–water partition coefficient (Wildman–Crippen LogP) is 4.37. The van der Waals surface area contributed by atoms with Gasteiger partial charge in [-0.3, -0.25) is 4.79 Å². The van der Waals surface area contributed by atoms with Gasteiger partial charge < -0.3 is 15.0 Å². The first kappa shape index (κ1) is 19.2. The molecule has 2 aliphatic rings. The Labute approximate surface area is 161 Å². The minimum Gasteiger partial charge on any atom is -0.469 e. The number of allylic oxidation sites excluding steroid dienone is 1. The summed E-state index contributed by atoms with van der Waals surface area (Å²) in [7, 11) is 0. The number of hydrogen-bond acceptors (Lipinski definition) is 4. The maximum atomic E-state index is 12.5. The van der Waals surface area contributed by atoms with Crippen molar-refractivity contribution < 1.29 is 9.53 Å². The van der Waals surface area contributed by atoms with Gasteiger partial charge in [-0.05, 0) is 26.7 Å². The number of amides is 1. The topological polar surface area (TPSA) is 41.6 Å². The van der Waals surface area contributed by atoms with E-state index in [1.54, 1.807) is 11.8 Å². The number of likely N-dealkylation sites (tertiary alicyclic amines) is 1. The number of thioether (sulfide) groups is 1. The first-order chi connectivity index (χ1) is 12.6. The van der Waals surface area contributed by atoms with E-state index in [9.17, 15) is 4.79 Å². The van der Waals surface area contributed by atoms with Crippen LogP contribution in [0.3, 0.4) is 0 Å². The van der Waals surface area contributed by atoms with E-state index in [2.05, 4.69) is 41.4 Å². The van der Waals surface area contributed by atoms with Crippen LogP contribution in [0.25, 0.3) is 0 Å². The molecule has 0 aromatic heterocycles. The molecule has 0 bridgehead atoms. The Morgan fingerprint density at radius 1 is 1.12 bits per heavy atom. The first-order valence-electron chi connectivity index (χ1n) is 9.68. The van der Waals surface area contributed by atoms with E-state index in [-0.39, 0.29) is 12.1 Å². The van der Waals surface area contributed by atoms with E-state index in [1.165, 1.54) is 24.8 Å². The van der Waals surface area contributed by atoms with Crippen LogP contribution in [0.5, 0.6) is 0 Å². The predicted molar refractivity (Wildman–Crippen MR) is 108 cm³/mol. The van der Waals surface area contributed by atoms with Gasteiger partial charge in [-0.15, -0.1) is 11.8 Å². The van der Waals surface area contributed by atoms with Gasteiger partial charge in [0, 0.05) is 24.4 Å². The van der Waals surface area contributed by atoms with Gasteiger partial charge in [-0.1, -0.05) is 49.1 Å². The molecular formula is C21H30N2O2S. The highest BCUT2D eigenvalue weighted by atomic mass is 32.2. The molecule has 5 heteroatoms. The summed E-state index contributed by atoms with van der Waals surface area (Å²) in [6.45, 7) is 5.94. The number of carbonyl (C=O) groups excluding carboxylic acids is 1. The summed E-state index contributed by atoms with van der Waals surface area (Å²) in [5.41, 5.74) is 3.47. The van der Waals surface area contributed by atoms with E-state index in [4.69, 9.17) is 4.74 Å². The molecule has 1 aromatic carbocycles. The molecule has 1 fully saturated rings. The van der Waals surface area contributed by atoms with Gasteiger partial charge in [0.05, 0.1) is 11.4 Å². The van der Waals surface area contributed by atoms with Crippen LogP contribution in [0.15, 0.2) is 35.7 Å². The monoisotopic (exact) mass is 374 g/mol. The molecule has 1 amide bonds. The number of ether oxygens (including phenoxy) is 1. The van der Waals surface area contributed by atoms with Crippen molar-refractivity contribution in [2.24, 2.45) is 0 Å². The van der Waals surface area contributed by atoms with Gasteiger partial charge in [0.25, 0.3) is 0 Å². The second-order valence-electron chi connectivity index (χ2n) is 7.23. The highest BCUT2D eigenvalue weighted by Crippen LogP contribution is 2.28. The van der Waals surface area contributed by atoms with Crippen molar-refractivity contribution in [2.45, 2.75) is 52.2 Å². The fourth-order valence-corrected chi connectivity index (χ4v) is 4.35. The number of hydrogen-bond donors (Lipinski definition) is 1. The molecule has 1 aromatic rings. The summed E-state index contributed by atoms with van der Waals surface area (Å²) in [5, 5.41) is 3.46. The fourth-order valence-electron chi connectivity index (χ4n) is 3.40. The molecule has 1 atom stereocenters. The second kappa shape index (κ2) is 9.36. The third-order valence-electron chi connectivity index (χ3n) is 5.09. The Hall–Kier alpha value is -1.62. The van der Waals surface area contributed by atoms with Crippen LogP contribution in [0.2, 0.25) is 0 Å². The van der Waals surface area contributed by atoms with Crippen molar-refractivity contribution in [3.63, 3.8) is 0 Å². The van der Waals surface area contributed by atoms with Gasteiger partial charge in [0.2, 0.25) is 5.91 Å². The van der Waals surface area contributed by atoms with E-state index in [0.29, 0.717) is 5.75 Å². The standard InChI is InChI=1S/C21H30N2O2S/c1-16-8-10-18(11-9-16)21-22-19(17(2)25-21)14-26-15-20(24)23-12-6-4-3-5-7-13-23/h8-11,21-22H,3-7,12-15H2,1-2H3. The zero-order valence-corrected chi connectivity index (χ0v) is 16.7. The van der Waals surface area contributed by atoms with E-state index >= 15 is 0 Å². The summed E-state index contributed by atoms with van der Waals surface area (Å²) in [5.74, 6) is 2.55. The molecule has 3 rings (SSSR count). The normalized spacial score (nSPS) is 21.0. The van der Waals surface area contributed by atoms with Crippen LogP contribution in [0, 0.1) is 6.92 Å². The Morgan fingerprint density at radius 2 is 1.77 bits per heavy atom. The molecule has 0 saturated carbocycles. The Morgan fingerprint density at radius 3 is 2.46 bits per heavy atom. The Kier molecular flexibility index (Phi) is 6.89. The fraction of sp³-hybridized carbons (Fsp3) is 0.571. The smallest absolute Gasteiger partial charge is 0.232 e. The molecule has 0 aliphatic carbocycles. The molecular weight excluding hydrogens is 344 g/mol. The van der Waals surface area contributed by atoms with Crippen LogP contribution in [-0.4, -0.2) is 35.4 Å². The molecule has 0 radical (unpaired) electrons. The van der Waals surface area contributed by atoms with Gasteiger partial charge in [-0.25, -0.2) is 0 Å². The summed E-state index contributed by atoms with van der Waals surface area (Å²) >= 11 is 1.68. The summed E-state index contributed by atoms with van der Waals surface area (Å²) in [4.78, 5) is 14.5. The molecule has 1 saturated heterocycles. The van der Waals surface area contributed by atoms with Crippen LogP contribution in [0.4, 0.5) is 0 Å². The summed E-state index contributed by atoms with van der Waals surface area (Å²) in [6, 6.07) is 8.40. The maximum absolute atomic E-state index is 12.5. The quantitative estimate of drug-likeness (QED) is 0.831. The van der Waals surface area contributed by atoms with E-state index in [1.807, 2.05) is 6.92 Å². The van der Waals surface area contributed by atoms with E-state index in [0.717, 1.165) is 48.7 Å². The maximum Gasteiger partial charge on any atom is 0.232 e. The first-order valence-corrected chi connectivity index (χ1v) is 10.8. The lowest BCUT2D eigenvalue weighted by molar-refractivity contribution is -0.128. The SMILES string of the molecule is CC1=C(CSCC(=O)N2CCCCCCC2)NC(c2ccc(C)cc2)O1. The average Bonchev–Trinajstić information content (AvgIpc) is 2.96. The number of benzene rings is 1. The highest BCUT2D eigenvalue weighted by Gasteiger charge is 2.24. The lowest BCUT2D eigenvalue weighted by Gasteiger charge is -2.24. The third kappa shape index (κ3) is 5.19. The van der Waals surface area contributed by atoms with Gasteiger partial charge in [-0.2, -0.15) is 0 Å². The second-order valence-corrected chi connectivity index (χ2v) is 8.21. The molecule has 1 unspecified atom stereocenters. The van der Waals surface area contributed by atoms with Crippen molar-refractivity contribution in [1.82, 2.24) is 10.2 Å². The molecule has 2 aliphatic heterocycles. The Balaban J connectivity index is 1.44. The molecule has 4 nitrogen and oxygen atoms in total. The molecule has 26 heavy (non-hydrogen) atoms. The lowest BCUT2D eigenvalue weighted by atomic mass is 10.1. The molecule has 0 spiro atoms. The van der Waals surface area contributed by atoms with Crippen LogP contribution < -0.4 is 5.32 Å². The van der Waals surface area contributed by atoms with Crippen molar-refractivity contribution >= 4 is 17.7 Å². The van der Waals surface area contributed by atoms with Crippen molar-refractivity contribution in [2.75, 3.05) is 24.6 Å². The summed E-state index contributed by atoms with van der Waals surface area (Å²) in [6.07, 6.45) is 6.01. The zero-order chi connectivity index (χ0) is 18.4. The number of nitrogens with zero attached hydrogens (tertiary/aromatic N) is 1. The van der Waals surface area contributed by atoms with Gasteiger partial charge in [0.1, 0.15) is 5.76 Å². The minimum absolute atomic E-state index is 0.115. The van der Waals surface area contributed by atoms with Gasteiger partial charge in [0.15, 0.2) is 6.23 Å². The van der Waals surface area contributed by atoms with Gasteiger partial charge >= 0.3 is 0 Å². The molecule has 2 heterocycles. The van der Waals surface area contributed by atoms with Crippen molar-refractivity contribution in [3.05, 3.63) is 46.8 Å². The Bertz CT molecular complexity index is 634. The van der Waals surface area contributed by atoms with Crippen molar-refractivity contribution in [3.8, 4) is 0 Å². The van der Waals surface area contributed by atoms with Crippen molar-refractivity contribution in [1.29, 1.82) is 0 Å². The third-order valence-corrected chi connectivity index (χ3v) is 6.03. The van der Waals surface area contributed by atoms with Crippen LogP contribution >= 0.6 is 11.8 Å². The van der Waals surface area contributed by atoms with Crippen LogP contribution in [-0.2, 0) is 9.53 Å². The summed E-state index contributed by atoms with van der Waals surface area (Å²) < 4.78 is 5.96. The lowest BCUT2D eigenvalue weighted by Crippen LogP contribution is -2.35. The average molecular weight is 375 g/mol. The van der Waals surface area contributed by atoms with Crippen LogP contribution in [0.1, 0.15) is 56.4 Å². The zero-order valence-electron chi connectivity index (χ0n) is 15.9. The number of rotatable bonds is 5. The molecule has 1 N–H and O–H groups in total. The number of aryl methyl sites for hydroxylation is 1.